The quantitative estimate of drug-likeness (QED) is 0.937. The molecule has 1 heterocycles. The van der Waals surface area contributed by atoms with E-state index in [1.807, 2.05) is 19.1 Å². The Morgan fingerprint density at radius 2 is 2.00 bits per heavy atom. The highest BCUT2D eigenvalue weighted by molar-refractivity contribution is 7.92. The van der Waals surface area contributed by atoms with Gasteiger partial charge in [0.05, 0.1) is 10.7 Å². The molecule has 0 radical (unpaired) electrons. The number of aryl methyl sites for hydroxylation is 1. The minimum atomic E-state index is -3.74. The molecule has 0 aliphatic carbocycles. The second kappa shape index (κ2) is 5.91. The van der Waals surface area contributed by atoms with Gasteiger partial charge in [-0.3, -0.25) is 4.31 Å². The summed E-state index contributed by atoms with van der Waals surface area (Å²) in [6.45, 7) is 3.94. The molecule has 1 aromatic carbocycles. The molecule has 2 rings (SSSR count). The minimum Gasteiger partial charge on any atom is -0.382 e. The predicted molar refractivity (Wildman–Crippen MR) is 85.0 cm³/mol. The first-order valence-corrected chi connectivity index (χ1v) is 8.19. The van der Waals surface area contributed by atoms with Gasteiger partial charge >= 0.3 is 0 Å². The molecule has 0 bridgehead atoms. The van der Waals surface area contributed by atoms with E-state index in [9.17, 15) is 8.42 Å². The third-order valence-corrected chi connectivity index (χ3v) is 5.26. The van der Waals surface area contributed by atoms with E-state index in [1.54, 1.807) is 19.1 Å². The van der Waals surface area contributed by atoms with Crippen molar-refractivity contribution < 1.29 is 8.42 Å². The molecular formula is C14H16ClN3O2S. The number of para-hydroxylation sites is 1. The van der Waals surface area contributed by atoms with Crippen molar-refractivity contribution in [3.05, 3.63) is 47.1 Å². The Morgan fingerprint density at radius 1 is 1.33 bits per heavy atom. The standard InChI is InChI=1S/C14H16ClN3O2S/c1-3-18(13-7-5-4-6-10(13)2)21(19,20)11-8-12(15)14(16)17-9-11/h4-9H,3H2,1-2H3,(H2,16,17). The van der Waals surface area contributed by atoms with E-state index in [4.69, 9.17) is 17.3 Å². The Hall–Kier alpha value is -1.79. The monoisotopic (exact) mass is 325 g/mol. The summed E-state index contributed by atoms with van der Waals surface area (Å²) in [5.41, 5.74) is 7.03. The molecule has 5 nitrogen and oxygen atoms in total. The molecule has 0 aliphatic heterocycles. The number of nitrogens with two attached hydrogens (primary N) is 1. The van der Waals surface area contributed by atoms with Crippen LogP contribution in [0.2, 0.25) is 5.02 Å². The van der Waals surface area contributed by atoms with Crippen LogP contribution in [0.4, 0.5) is 11.5 Å². The maximum absolute atomic E-state index is 12.8. The molecule has 2 aromatic rings. The lowest BCUT2D eigenvalue weighted by molar-refractivity contribution is 0.591. The van der Waals surface area contributed by atoms with E-state index in [1.165, 1.54) is 16.6 Å². The van der Waals surface area contributed by atoms with Crippen LogP contribution in [0.5, 0.6) is 0 Å². The summed E-state index contributed by atoms with van der Waals surface area (Å²) in [5.74, 6) is 0.106. The fraction of sp³-hybridized carbons (Fsp3) is 0.214. The minimum absolute atomic E-state index is 0.0202. The number of aromatic nitrogens is 1. The molecule has 0 saturated heterocycles. The van der Waals surface area contributed by atoms with Crippen molar-refractivity contribution in [2.45, 2.75) is 18.7 Å². The van der Waals surface area contributed by atoms with Crippen molar-refractivity contribution >= 4 is 33.1 Å². The molecule has 0 spiro atoms. The summed E-state index contributed by atoms with van der Waals surface area (Å²) in [4.78, 5) is 3.84. The lowest BCUT2D eigenvalue weighted by atomic mass is 10.2. The molecule has 1 aromatic heterocycles. The smallest absolute Gasteiger partial charge is 0.265 e. The molecule has 0 aliphatic rings. The normalized spacial score (nSPS) is 11.4. The Labute approximate surface area is 129 Å². The van der Waals surface area contributed by atoms with Crippen molar-refractivity contribution in [3.8, 4) is 0 Å². The third-order valence-electron chi connectivity index (χ3n) is 3.10. The Bertz CT molecular complexity index is 763. The lowest BCUT2D eigenvalue weighted by Gasteiger charge is -2.24. The number of halogens is 1. The van der Waals surface area contributed by atoms with E-state index in [2.05, 4.69) is 4.98 Å². The van der Waals surface area contributed by atoms with Crippen molar-refractivity contribution in [2.24, 2.45) is 0 Å². The molecule has 0 amide bonds. The van der Waals surface area contributed by atoms with E-state index in [0.29, 0.717) is 12.2 Å². The summed E-state index contributed by atoms with van der Waals surface area (Å²) in [7, 11) is -3.74. The van der Waals surface area contributed by atoms with Gasteiger partial charge in [-0.25, -0.2) is 13.4 Å². The van der Waals surface area contributed by atoms with Gasteiger partial charge in [0.1, 0.15) is 10.7 Å². The van der Waals surface area contributed by atoms with Crippen LogP contribution < -0.4 is 10.0 Å². The number of rotatable bonds is 4. The van der Waals surface area contributed by atoms with E-state index in [0.717, 1.165) is 5.56 Å². The highest BCUT2D eigenvalue weighted by Crippen LogP contribution is 2.28. The molecule has 2 N–H and O–H groups in total. The van der Waals surface area contributed by atoms with Crippen LogP contribution >= 0.6 is 11.6 Å². The number of hydrogen-bond donors (Lipinski definition) is 1. The van der Waals surface area contributed by atoms with Crippen LogP contribution in [0.25, 0.3) is 0 Å². The van der Waals surface area contributed by atoms with Crippen LogP contribution in [0, 0.1) is 6.92 Å². The Morgan fingerprint density at radius 3 is 2.57 bits per heavy atom. The average molecular weight is 326 g/mol. The summed E-state index contributed by atoms with van der Waals surface area (Å²) in [6, 6.07) is 8.61. The number of nitrogens with zero attached hydrogens (tertiary/aromatic N) is 2. The van der Waals surface area contributed by atoms with Crippen LogP contribution in [-0.4, -0.2) is 19.9 Å². The zero-order valence-electron chi connectivity index (χ0n) is 11.7. The largest absolute Gasteiger partial charge is 0.382 e. The van der Waals surface area contributed by atoms with Crippen molar-refractivity contribution in [1.29, 1.82) is 0 Å². The van der Waals surface area contributed by atoms with Gasteiger partial charge in [0, 0.05) is 12.7 Å². The van der Waals surface area contributed by atoms with Crippen LogP contribution in [-0.2, 0) is 10.0 Å². The van der Waals surface area contributed by atoms with Crippen molar-refractivity contribution in [2.75, 3.05) is 16.6 Å². The highest BCUT2D eigenvalue weighted by Gasteiger charge is 2.25. The topological polar surface area (TPSA) is 76.3 Å². The molecular weight excluding hydrogens is 310 g/mol. The zero-order valence-corrected chi connectivity index (χ0v) is 13.3. The number of anilines is 2. The fourth-order valence-corrected chi connectivity index (χ4v) is 3.75. The average Bonchev–Trinajstić information content (AvgIpc) is 2.44. The van der Waals surface area contributed by atoms with E-state index >= 15 is 0 Å². The summed E-state index contributed by atoms with van der Waals surface area (Å²) in [5, 5.41) is 0.122. The molecule has 112 valence electrons. The molecule has 0 saturated carbocycles. The Balaban J connectivity index is 2.55. The second-order valence-corrected chi connectivity index (χ2v) is 6.76. The maximum atomic E-state index is 12.8. The lowest BCUT2D eigenvalue weighted by Crippen LogP contribution is -2.31. The Kier molecular flexibility index (Phi) is 4.39. The van der Waals surface area contributed by atoms with Gasteiger partial charge in [-0.15, -0.1) is 0 Å². The van der Waals surface area contributed by atoms with Gasteiger partial charge < -0.3 is 5.73 Å². The van der Waals surface area contributed by atoms with Crippen LogP contribution in [0.1, 0.15) is 12.5 Å². The van der Waals surface area contributed by atoms with Gasteiger partial charge in [-0.2, -0.15) is 0 Å². The third kappa shape index (κ3) is 2.96. The first kappa shape index (κ1) is 15.6. The molecule has 0 atom stereocenters. The summed E-state index contributed by atoms with van der Waals surface area (Å²) in [6.07, 6.45) is 1.22. The van der Waals surface area contributed by atoms with E-state index < -0.39 is 10.0 Å². The molecule has 21 heavy (non-hydrogen) atoms. The zero-order chi connectivity index (χ0) is 15.6. The number of benzene rings is 1. The van der Waals surface area contributed by atoms with Crippen LogP contribution in [0.15, 0.2) is 41.4 Å². The molecule has 0 unspecified atom stereocenters. The van der Waals surface area contributed by atoms with Crippen molar-refractivity contribution in [1.82, 2.24) is 4.98 Å². The number of sulfonamides is 1. The SMILES string of the molecule is CCN(c1ccccc1C)S(=O)(=O)c1cnc(N)c(Cl)c1. The van der Waals surface area contributed by atoms with Gasteiger partial charge in [0.2, 0.25) is 0 Å². The number of nitrogen functional groups attached to an aromatic ring is 1. The summed E-state index contributed by atoms with van der Waals surface area (Å²) >= 11 is 5.87. The van der Waals surface area contributed by atoms with Crippen molar-refractivity contribution in [3.63, 3.8) is 0 Å². The number of pyridine rings is 1. The van der Waals surface area contributed by atoms with Gasteiger partial charge in [0.25, 0.3) is 10.0 Å². The first-order chi connectivity index (χ1) is 9.87. The van der Waals surface area contributed by atoms with Gasteiger partial charge in [-0.1, -0.05) is 29.8 Å². The second-order valence-electron chi connectivity index (χ2n) is 4.49. The van der Waals surface area contributed by atoms with Gasteiger partial charge in [0.15, 0.2) is 0 Å². The van der Waals surface area contributed by atoms with E-state index in [-0.39, 0.29) is 15.7 Å². The molecule has 0 fully saturated rings. The van der Waals surface area contributed by atoms with Crippen LogP contribution in [0.3, 0.4) is 0 Å². The first-order valence-electron chi connectivity index (χ1n) is 6.37. The van der Waals surface area contributed by atoms with Gasteiger partial charge in [-0.05, 0) is 31.5 Å². The highest BCUT2D eigenvalue weighted by atomic mass is 35.5. The predicted octanol–water partition coefficient (Wildman–Crippen LogP) is 2.84. The number of hydrogen-bond acceptors (Lipinski definition) is 4. The molecule has 7 heteroatoms. The fourth-order valence-electron chi connectivity index (χ4n) is 2.01. The summed E-state index contributed by atoms with van der Waals surface area (Å²) < 4.78 is 26.9. The maximum Gasteiger partial charge on any atom is 0.265 e.